The van der Waals surface area contributed by atoms with Gasteiger partial charge in [0.25, 0.3) is 5.91 Å². The molecular weight excluding hydrogens is 633 g/mol. The minimum absolute atomic E-state index is 0.134. The molecule has 5 rings (SSSR count). The van der Waals surface area contributed by atoms with Gasteiger partial charge in [-0.05, 0) is 66.4 Å². The van der Waals surface area contributed by atoms with Gasteiger partial charge in [-0.25, -0.2) is 9.18 Å². The van der Waals surface area contributed by atoms with E-state index < -0.39 is 17.4 Å². The highest BCUT2D eigenvalue weighted by molar-refractivity contribution is 7.99. The standard InChI is InChI=1S/C36H40FN5O5S/c1-36(2,40-21-28-7-5-17-47-28)19-33(44)41-30-23-48-32-18-27(37)13-14-31(32)42(34(30)45)22-24-9-11-25(12-10-24)29-8-4-3-6-26(29)20-39-35(46)38-15-16-43/h3-14,17-18,30,40,43H,15-16,19-23H2,1-2H3,(H,41,44)(H2,38,39,46)/t30-/m1/s1. The van der Waals surface area contributed by atoms with Crippen LogP contribution in [0.4, 0.5) is 14.9 Å². The van der Waals surface area contributed by atoms with Crippen molar-refractivity contribution in [1.29, 1.82) is 0 Å². The number of nitrogens with one attached hydrogen (secondary N) is 4. The molecule has 0 spiro atoms. The number of hydrogen-bond donors (Lipinski definition) is 5. The maximum absolute atomic E-state index is 14.3. The quantitative estimate of drug-likeness (QED) is 0.135. The highest BCUT2D eigenvalue weighted by atomic mass is 32.2. The molecule has 0 saturated carbocycles. The molecule has 1 atom stereocenters. The summed E-state index contributed by atoms with van der Waals surface area (Å²) >= 11 is 1.34. The number of halogens is 1. The van der Waals surface area contributed by atoms with Gasteiger partial charge in [-0.2, -0.15) is 0 Å². The van der Waals surface area contributed by atoms with Crippen molar-refractivity contribution in [3.63, 3.8) is 0 Å². The Morgan fingerprint density at radius 2 is 1.81 bits per heavy atom. The third-order valence-corrected chi connectivity index (χ3v) is 9.04. The smallest absolute Gasteiger partial charge is 0.315 e. The molecule has 0 bridgehead atoms. The molecule has 0 radical (unpaired) electrons. The van der Waals surface area contributed by atoms with Crippen molar-refractivity contribution in [3.05, 3.63) is 108 Å². The summed E-state index contributed by atoms with van der Waals surface area (Å²) in [6, 6.07) is 22.4. The van der Waals surface area contributed by atoms with Crippen molar-refractivity contribution >= 4 is 35.3 Å². The second-order valence-corrected chi connectivity index (χ2v) is 13.2. The highest BCUT2D eigenvalue weighted by Gasteiger charge is 2.33. The van der Waals surface area contributed by atoms with Gasteiger partial charge in [0.15, 0.2) is 0 Å². The summed E-state index contributed by atoms with van der Waals surface area (Å²) in [5, 5.41) is 20.6. The average Bonchev–Trinajstić information content (AvgIpc) is 3.57. The number of aliphatic hydroxyl groups excluding tert-OH is 1. The van der Waals surface area contributed by atoms with Crippen molar-refractivity contribution in [1.82, 2.24) is 21.3 Å². The first-order valence-corrected chi connectivity index (χ1v) is 16.7. The van der Waals surface area contributed by atoms with Crippen molar-refractivity contribution < 1.29 is 28.3 Å². The summed E-state index contributed by atoms with van der Waals surface area (Å²) in [5.41, 5.74) is 3.66. The molecule has 3 aromatic carbocycles. The average molecular weight is 674 g/mol. The minimum atomic E-state index is -0.813. The number of carbonyl (C=O) groups is 3. The summed E-state index contributed by atoms with van der Waals surface area (Å²) in [5.74, 6) is 0.0744. The number of amides is 4. The first-order chi connectivity index (χ1) is 23.1. The lowest BCUT2D eigenvalue weighted by Crippen LogP contribution is -2.51. The van der Waals surface area contributed by atoms with Crippen LogP contribution in [0.2, 0.25) is 0 Å². The number of furan rings is 1. The second kappa shape index (κ2) is 16.0. The van der Waals surface area contributed by atoms with Crippen LogP contribution in [0.5, 0.6) is 0 Å². The fourth-order valence-corrected chi connectivity index (χ4v) is 6.52. The zero-order chi connectivity index (χ0) is 34.1. The molecule has 2 heterocycles. The van der Waals surface area contributed by atoms with E-state index in [1.807, 2.05) is 68.4 Å². The first-order valence-electron chi connectivity index (χ1n) is 15.7. The molecule has 1 aliphatic heterocycles. The molecule has 0 unspecified atom stereocenters. The highest BCUT2D eigenvalue weighted by Crippen LogP contribution is 2.36. The summed E-state index contributed by atoms with van der Waals surface area (Å²) in [7, 11) is 0. The molecular formula is C36H40FN5O5S. The molecule has 1 aliphatic rings. The van der Waals surface area contributed by atoms with Gasteiger partial charge >= 0.3 is 6.03 Å². The van der Waals surface area contributed by atoms with E-state index in [2.05, 4.69) is 21.3 Å². The Labute approximate surface area is 283 Å². The number of carbonyl (C=O) groups excluding carboxylic acids is 3. The van der Waals surface area contributed by atoms with E-state index in [-0.39, 0.29) is 49.7 Å². The third kappa shape index (κ3) is 9.24. The molecule has 0 fully saturated rings. The molecule has 252 valence electrons. The molecule has 1 aromatic heterocycles. The number of thioether (sulfide) groups is 1. The molecule has 0 saturated heterocycles. The van der Waals surface area contributed by atoms with E-state index in [0.29, 0.717) is 23.7 Å². The Bertz CT molecular complexity index is 1710. The number of urea groups is 1. The largest absolute Gasteiger partial charge is 0.468 e. The van der Waals surface area contributed by atoms with Crippen LogP contribution in [0.15, 0.2) is 94.4 Å². The van der Waals surface area contributed by atoms with Crippen LogP contribution >= 0.6 is 11.8 Å². The predicted molar refractivity (Wildman–Crippen MR) is 184 cm³/mol. The zero-order valence-corrected chi connectivity index (χ0v) is 27.7. The summed E-state index contributed by atoms with van der Waals surface area (Å²) < 4.78 is 19.7. The normalized spacial score (nSPS) is 14.6. The van der Waals surface area contributed by atoms with Crippen LogP contribution in [-0.2, 0) is 29.2 Å². The van der Waals surface area contributed by atoms with Crippen LogP contribution in [0.1, 0.15) is 37.2 Å². The van der Waals surface area contributed by atoms with Gasteiger partial charge in [-0.3, -0.25) is 9.59 Å². The van der Waals surface area contributed by atoms with E-state index in [1.54, 1.807) is 23.3 Å². The van der Waals surface area contributed by atoms with Crippen LogP contribution in [0.3, 0.4) is 0 Å². The zero-order valence-electron chi connectivity index (χ0n) is 26.9. The minimum Gasteiger partial charge on any atom is -0.468 e. The Kier molecular flexibility index (Phi) is 11.5. The maximum atomic E-state index is 14.3. The Hall–Kier alpha value is -4.65. The molecule has 0 aliphatic carbocycles. The number of nitrogens with zero attached hydrogens (tertiary/aromatic N) is 1. The van der Waals surface area contributed by atoms with E-state index in [9.17, 15) is 18.8 Å². The van der Waals surface area contributed by atoms with Gasteiger partial charge in [0.05, 0.1) is 31.6 Å². The van der Waals surface area contributed by atoms with Crippen LogP contribution in [0, 0.1) is 5.82 Å². The van der Waals surface area contributed by atoms with Gasteiger partial charge in [0, 0.05) is 35.7 Å². The van der Waals surface area contributed by atoms with E-state index in [1.165, 1.54) is 23.9 Å². The summed E-state index contributed by atoms with van der Waals surface area (Å²) in [6.07, 6.45) is 1.73. The first kappa shape index (κ1) is 34.7. The van der Waals surface area contributed by atoms with E-state index in [0.717, 1.165) is 28.0 Å². The number of rotatable bonds is 13. The van der Waals surface area contributed by atoms with Crippen molar-refractivity contribution in [2.24, 2.45) is 0 Å². The number of benzene rings is 3. The van der Waals surface area contributed by atoms with Crippen LogP contribution < -0.4 is 26.2 Å². The van der Waals surface area contributed by atoms with Crippen molar-refractivity contribution in [2.75, 3.05) is 23.8 Å². The molecule has 4 amide bonds. The van der Waals surface area contributed by atoms with Gasteiger partial charge in [0.1, 0.15) is 17.6 Å². The predicted octanol–water partition coefficient (Wildman–Crippen LogP) is 4.96. The Morgan fingerprint density at radius 1 is 1.02 bits per heavy atom. The summed E-state index contributed by atoms with van der Waals surface area (Å²) in [6.45, 7) is 4.84. The topological polar surface area (TPSA) is 136 Å². The Morgan fingerprint density at radius 3 is 2.56 bits per heavy atom. The molecule has 10 nitrogen and oxygen atoms in total. The molecule has 5 N–H and O–H groups in total. The molecule has 48 heavy (non-hydrogen) atoms. The van der Waals surface area contributed by atoms with Gasteiger partial charge < -0.3 is 35.7 Å². The third-order valence-electron chi connectivity index (χ3n) is 7.90. The number of hydrogen-bond acceptors (Lipinski definition) is 7. The summed E-state index contributed by atoms with van der Waals surface area (Å²) in [4.78, 5) is 41.5. The lowest BCUT2D eigenvalue weighted by molar-refractivity contribution is -0.127. The molecule has 12 heteroatoms. The van der Waals surface area contributed by atoms with E-state index in [4.69, 9.17) is 9.52 Å². The van der Waals surface area contributed by atoms with Crippen molar-refractivity contribution in [2.45, 2.75) is 56.4 Å². The van der Waals surface area contributed by atoms with Crippen molar-refractivity contribution in [3.8, 4) is 11.1 Å². The number of aliphatic hydroxyl groups is 1. The fraction of sp³-hybridized carbons (Fsp3) is 0.306. The fourth-order valence-electron chi connectivity index (χ4n) is 5.43. The number of fused-ring (bicyclic) bond motifs is 1. The van der Waals surface area contributed by atoms with Crippen LogP contribution in [0.25, 0.3) is 11.1 Å². The number of anilines is 1. The SMILES string of the molecule is CC(C)(CC(=O)N[C@@H]1CSc2cc(F)ccc2N(Cc2ccc(-c3ccccc3CNC(=O)NCCO)cc2)C1=O)NCc1ccco1. The van der Waals surface area contributed by atoms with Gasteiger partial charge in [-0.1, -0.05) is 48.5 Å². The van der Waals surface area contributed by atoms with Crippen LogP contribution in [-0.4, -0.2) is 53.4 Å². The lowest BCUT2D eigenvalue weighted by Gasteiger charge is -2.28. The van der Waals surface area contributed by atoms with E-state index >= 15 is 0 Å². The second-order valence-electron chi connectivity index (χ2n) is 12.1. The monoisotopic (exact) mass is 673 g/mol. The Balaban J connectivity index is 1.29. The molecule has 4 aromatic rings. The van der Waals surface area contributed by atoms with Gasteiger partial charge in [0.2, 0.25) is 5.91 Å². The van der Waals surface area contributed by atoms with Gasteiger partial charge in [-0.15, -0.1) is 11.8 Å². The lowest BCUT2D eigenvalue weighted by atomic mass is 9.98. The maximum Gasteiger partial charge on any atom is 0.315 e.